The zero-order chi connectivity index (χ0) is 14.4. The molecule has 1 saturated carbocycles. The first-order chi connectivity index (χ1) is 9.70. The predicted octanol–water partition coefficient (Wildman–Crippen LogP) is 2.88. The van der Waals surface area contributed by atoms with Crippen LogP contribution in [0.2, 0.25) is 5.02 Å². The van der Waals surface area contributed by atoms with E-state index >= 15 is 0 Å². The summed E-state index contributed by atoms with van der Waals surface area (Å²) in [7, 11) is 0. The van der Waals surface area contributed by atoms with Crippen molar-refractivity contribution in [1.29, 1.82) is 0 Å². The molecule has 1 fully saturated rings. The van der Waals surface area contributed by atoms with E-state index in [2.05, 4.69) is 5.32 Å². The molecule has 108 valence electrons. The fraction of sp³-hybridized carbons (Fsp3) is 0.438. The molecule has 2 unspecified atom stereocenters. The lowest BCUT2D eigenvalue weighted by atomic mass is 9.97. The summed E-state index contributed by atoms with van der Waals surface area (Å²) in [5, 5.41) is 12.8. The number of aliphatic hydroxyl groups excluding tert-OH is 1. The van der Waals surface area contributed by atoms with Crippen LogP contribution in [0.5, 0.6) is 0 Å². The van der Waals surface area contributed by atoms with Crippen molar-refractivity contribution in [2.45, 2.75) is 19.3 Å². The Kier molecular flexibility index (Phi) is 5.62. The Morgan fingerprint density at radius 3 is 2.85 bits per heavy atom. The molecule has 20 heavy (non-hydrogen) atoms. The van der Waals surface area contributed by atoms with Crippen LogP contribution in [0.4, 0.5) is 0 Å². The van der Waals surface area contributed by atoms with Gasteiger partial charge in [0.1, 0.15) is 0 Å². The van der Waals surface area contributed by atoms with Crippen molar-refractivity contribution in [1.82, 2.24) is 5.32 Å². The molecule has 2 rings (SSSR count). The average molecular weight is 294 g/mol. The van der Waals surface area contributed by atoms with E-state index in [1.165, 1.54) is 6.08 Å². The minimum atomic E-state index is -0.117. The lowest BCUT2D eigenvalue weighted by Gasteiger charge is -2.17. The molecule has 1 aliphatic carbocycles. The smallest absolute Gasteiger partial charge is 0.244 e. The maximum Gasteiger partial charge on any atom is 0.244 e. The van der Waals surface area contributed by atoms with E-state index in [9.17, 15) is 9.90 Å². The topological polar surface area (TPSA) is 49.3 Å². The van der Waals surface area contributed by atoms with E-state index in [0.29, 0.717) is 23.4 Å². The van der Waals surface area contributed by atoms with Crippen molar-refractivity contribution < 1.29 is 9.90 Å². The van der Waals surface area contributed by atoms with E-state index in [1.807, 2.05) is 18.2 Å². The largest absolute Gasteiger partial charge is 0.396 e. The fourth-order valence-electron chi connectivity index (χ4n) is 2.69. The van der Waals surface area contributed by atoms with Gasteiger partial charge in [0.25, 0.3) is 0 Å². The molecular formula is C16H20ClNO2. The molecule has 1 aromatic carbocycles. The van der Waals surface area contributed by atoms with Crippen LogP contribution in [0.25, 0.3) is 6.08 Å². The predicted molar refractivity (Wildman–Crippen MR) is 81.4 cm³/mol. The standard InChI is InChI=1S/C16H20ClNO2/c17-15-7-2-1-4-12(15)8-9-16(20)18-10-13-5-3-6-14(13)11-19/h1-2,4,7-9,13-14,19H,3,5-6,10-11H2,(H,18,20). The van der Waals surface area contributed by atoms with Gasteiger partial charge in [-0.05, 0) is 42.4 Å². The molecule has 2 N–H and O–H groups in total. The average Bonchev–Trinajstić information content (AvgIpc) is 2.91. The molecular weight excluding hydrogens is 274 g/mol. The molecule has 0 radical (unpaired) electrons. The third-order valence-electron chi connectivity index (χ3n) is 3.91. The maximum absolute atomic E-state index is 11.8. The minimum Gasteiger partial charge on any atom is -0.396 e. The quantitative estimate of drug-likeness (QED) is 0.820. The first-order valence-corrected chi connectivity index (χ1v) is 7.40. The number of aliphatic hydroxyl groups is 1. The van der Waals surface area contributed by atoms with Gasteiger partial charge in [0.15, 0.2) is 0 Å². The van der Waals surface area contributed by atoms with E-state index in [4.69, 9.17) is 11.6 Å². The van der Waals surface area contributed by atoms with Crippen LogP contribution < -0.4 is 5.32 Å². The Bertz CT molecular complexity index is 487. The second-order valence-corrected chi connectivity index (χ2v) is 5.64. The third-order valence-corrected chi connectivity index (χ3v) is 4.25. The highest BCUT2D eigenvalue weighted by Crippen LogP contribution is 2.30. The van der Waals surface area contributed by atoms with Crippen LogP contribution in [0.1, 0.15) is 24.8 Å². The van der Waals surface area contributed by atoms with Crippen LogP contribution >= 0.6 is 11.6 Å². The number of hydrogen-bond donors (Lipinski definition) is 2. The molecule has 0 aromatic heterocycles. The Labute approximate surface area is 124 Å². The molecule has 3 nitrogen and oxygen atoms in total. The number of halogens is 1. The minimum absolute atomic E-state index is 0.117. The van der Waals surface area contributed by atoms with E-state index < -0.39 is 0 Å². The van der Waals surface area contributed by atoms with Gasteiger partial charge in [0.2, 0.25) is 5.91 Å². The van der Waals surface area contributed by atoms with Crippen molar-refractivity contribution in [2.75, 3.05) is 13.2 Å². The van der Waals surface area contributed by atoms with Crippen molar-refractivity contribution in [3.05, 3.63) is 40.9 Å². The maximum atomic E-state index is 11.8. The highest BCUT2D eigenvalue weighted by atomic mass is 35.5. The van der Waals surface area contributed by atoms with Crippen molar-refractivity contribution >= 4 is 23.6 Å². The zero-order valence-corrected chi connectivity index (χ0v) is 12.1. The van der Waals surface area contributed by atoms with Gasteiger partial charge in [-0.15, -0.1) is 0 Å². The Morgan fingerprint density at radius 2 is 2.10 bits per heavy atom. The van der Waals surface area contributed by atoms with Crippen molar-refractivity contribution in [3.63, 3.8) is 0 Å². The lowest BCUT2D eigenvalue weighted by Crippen LogP contribution is -2.30. The Balaban J connectivity index is 1.82. The normalized spacial score (nSPS) is 22.3. The highest BCUT2D eigenvalue weighted by molar-refractivity contribution is 6.32. The van der Waals surface area contributed by atoms with E-state index in [-0.39, 0.29) is 12.5 Å². The molecule has 0 spiro atoms. The Morgan fingerprint density at radius 1 is 1.35 bits per heavy atom. The summed E-state index contributed by atoms with van der Waals surface area (Å²) < 4.78 is 0. The van der Waals surface area contributed by atoms with Crippen molar-refractivity contribution in [3.8, 4) is 0 Å². The molecule has 1 amide bonds. The SMILES string of the molecule is O=C(C=Cc1ccccc1Cl)NCC1CCCC1CO. The number of hydrogen-bond acceptors (Lipinski definition) is 2. The summed E-state index contributed by atoms with van der Waals surface area (Å²) in [6.07, 6.45) is 6.51. The van der Waals surface area contributed by atoms with Crippen LogP contribution in [-0.4, -0.2) is 24.2 Å². The first-order valence-electron chi connectivity index (χ1n) is 7.02. The van der Waals surface area contributed by atoms with Crippen LogP contribution in [0, 0.1) is 11.8 Å². The molecule has 0 heterocycles. The van der Waals surface area contributed by atoms with Gasteiger partial charge in [-0.1, -0.05) is 36.2 Å². The number of carbonyl (C=O) groups excluding carboxylic acids is 1. The summed E-state index contributed by atoms with van der Waals surface area (Å²) in [5.41, 5.74) is 0.832. The molecule has 0 saturated heterocycles. The van der Waals surface area contributed by atoms with Crippen LogP contribution in [0.3, 0.4) is 0 Å². The van der Waals surface area contributed by atoms with Gasteiger partial charge in [-0.3, -0.25) is 4.79 Å². The first kappa shape index (κ1) is 15.1. The Hall–Kier alpha value is -1.32. The fourth-order valence-corrected chi connectivity index (χ4v) is 2.89. The summed E-state index contributed by atoms with van der Waals surface area (Å²) in [4.78, 5) is 11.8. The highest BCUT2D eigenvalue weighted by Gasteiger charge is 2.26. The number of carbonyl (C=O) groups is 1. The second kappa shape index (κ2) is 7.46. The summed E-state index contributed by atoms with van der Waals surface area (Å²) in [5.74, 6) is 0.619. The molecule has 1 aromatic rings. The molecule has 4 heteroatoms. The second-order valence-electron chi connectivity index (χ2n) is 5.23. The van der Waals surface area contributed by atoms with Gasteiger partial charge >= 0.3 is 0 Å². The number of rotatable bonds is 5. The summed E-state index contributed by atoms with van der Waals surface area (Å²) in [6, 6.07) is 7.40. The van der Waals surface area contributed by atoms with Crippen molar-refractivity contribution in [2.24, 2.45) is 11.8 Å². The van der Waals surface area contributed by atoms with E-state index in [1.54, 1.807) is 12.1 Å². The molecule has 1 aliphatic rings. The van der Waals surface area contributed by atoms with E-state index in [0.717, 1.165) is 24.8 Å². The zero-order valence-electron chi connectivity index (χ0n) is 11.4. The number of benzene rings is 1. The van der Waals surface area contributed by atoms with Crippen LogP contribution in [-0.2, 0) is 4.79 Å². The molecule has 0 bridgehead atoms. The van der Waals surface area contributed by atoms with Gasteiger partial charge in [0, 0.05) is 24.3 Å². The number of amides is 1. The van der Waals surface area contributed by atoms with Gasteiger partial charge in [-0.2, -0.15) is 0 Å². The van der Waals surface area contributed by atoms with Gasteiger partial charge in [0.05, 0.1) is 0 Å². The summed E-state index contributed by atoms with van der Waals surface area (Å²) >= 11 is 6.02. The monoisotopic (exact) mass is 293 g/mol. The van der Waals surface area contributed by atoms with Gasteiger partial charge < -0.3 is 10.4 Å². The van der Waals surface area contributed by atoms with Gasteiger partial charge in [-0.25, -0.2) is 0 Å². The van der Waals surface area contributed by atoms with Crippen LogP contribution in [0.15, 0.2) is 30.3 Å². The lowest BCUT2D eigenvalue weighted by molar-refractivity contribution is -0.116. The molecule has 2 atom stereocenters. The third kappa shape index (κ3) is 4.09. The summed E-state index contributed by atoms with van der Waals surface area (Å²) in [6.45, 7) is 0.854. The number of nitrogens with one attached hydrogen (secondary N) is 1. The molecule has 0 aliphatic heterocycles.